The molecule has 6 nitrogen and oxygen atoms in total. The minimum absolute atomic E-state index is 0.237. The van der Waals surface area contributed by atoms with Gasteiger partial charge in [0.1, 0.15) is 16.5 Å². The lowest BCUT2D eigenvalue weighted by Crippen LogP contribution is -2.38. The van der Waals surface area contributed by atoms with Gasteiger partial charge in [0.25, 0.3) is 0 Å². The van der Waals surface area contributed by atoms with Gasteiger partial charge in [-0.15, -0.1) is 11.3 Å². The summed E-state index contributed by atoms with van der Waals surface area (Å²) in [4.78, 5) is 15.9. The number of benzene rings is 1. The molecular weight excluding hydrogens is 396 g/mol. The van der Waals surface area contributed by atoms with Crippen molar-refractivity contribution in [3.8, 4) is 11.1 Å². The first kappa shape index (κ1) is 19.9. The van der Waals surface area contributed by atoms with Crippen molar-refractivity contribution in [2.24, 2.45) is 5.92 Å². The Labute approximate surface area is 181 Å². The maximum Gasteiger partial charge on any atom is 0.146 e. The molecule has 30 heavy (non-hydrogen) atoms. The first-order valence-corrected chi connectivity index (χ1v) is 11.7. The molecule has 1 unspecified atom stereocenters. The number of aliphatic hydroxyl groups is 1. The van der Waals surface area contributed by atoms with E-state index >= 15 is 0 Å². The third-order valence-corrected chi connectivity index (χ3v) is 6.96. The van der Waals surface area contributed by atoms with Crippen LogP contribution in [0.25, 0.3) is 21.3 Å². The molecule has 5 rings (SSSR count). The summed E-state index contributed by atoms with van der Waals surface area (Å²) in [5, 5.41) is 13.1. The smallest absolute Gasteiger partial charge is 0.146 e. The molecule has 4 heterocycles. The van der Waals surface area contributed by atoms with Crippen molar-refractivity contribution in [1.29, 1.82) is 0 Å². The highest BCUT2D eigenvalue weighted by Gasteiger charge is 2.25. The Kier molecular flexibility index (Phi) is 5.95. The Bertz CT molecular complexity index is 988. The molecule has 0 radical (unpaired) electrons. The molecule has 0 amide bonds. The van der Waals surface area contributed by atoms with Crippen LogP contribution < -0.4 is 4.90 Å². The molecule has 2 aliphatic heterocycles. The molecule has 2 aliphatic rings. The van der Waals surface area contributed by atoms with Crippen LogP contribution >= 0.6 is 11.3 Å². The molecule has 7 heteroatoms. The fourth-order valence-corrected chi connectivity index (χ4v) is 5.42. The van der Waals surface area contributed by atoms with Crippen molar-refractivity contribution < 1.29 is 9.84 Å². The van der Waals surface area contributed by atoms with Crippen molar-refractivity contribution in [1.82, 2.24) is 14.9 Å². The molecule has 158 valence electrons. The van der Waals surface area contributed by atoms with Gasteiger partial charge < -0.3 is 14.7 Å². The fourth-order valence-electron chi connectivity index (χ4n) is 4.46. The average Bonchev–Trinajstić information content (AvgIpc) is 3.24. The number of rotatable bonds is 5. The van der Waals surface area contributed by atoms with E-state index in [4.69, 9.17) is 14.7 Å². The lowest BCUT2D eigenvalue weighted by atomic mass is 9.98. The summed E-state index contributed by atoms with van der Waals surface area (Å²) >= 11 is 1.70. The van der Waals surface area contributed by atoms with Crippen LogP contribution in [-0.2, 0) is 11.3 Å². The summed E-state index contributed by atoms with van der Waals surface area (Å²) < 4.78 is 5.49. The van der Waals surface area contributed by atoms with E-state index in [9.17, 15) is 5.11 Å². The molecule has 2 aromatic heterocycles. The molecule has 1 atom stereocenters. The Balaban J connectivity index is 1.57. The number of fused-ring (bicyclic) bond motifs is 1. The molecule has 2 saturated heterocycles. The summed E-state index contributed by atoms with van der Waals surface area (Å²) in [6, 6.07) is 10.5. The number of ether oxygens (including phenoxy) is 1. The lowest BCUT2D eigenvalue weighted by molar-refractivity contribution is 0.0331. The summed E-state index contributed by atoms with van der Waals surface area (Å²) in [6.07, 6.45) is 2.16. The van der Waals surface area contributed by atoms with E-state index < -0.39 is 0 Å². The zero-order chi connectivity index (χ0) is 20.3. The van der Waals surface area contributed by atoms with Gasteiger partial charge >= 0.3 is 0 Å². The first-order valence-electron chi connectivity index (χ1n) is 10.8. The molecule has 3 aromatic rings. The number of hydrogen-bond acceptors (Lipinski definition) is 7. The van der Waals surface area contributed by atoms with Gasteiger partial charge in [-0.1, -0.05) is 30.3 Å². The average molecular weight is 425 g/mol. The Morgan fingerprint density at radius 3 is 2.73 bits per heavy atom. The van der Waals surface area contributed by atoms with Crippen LogP contribution in [0.2, 0.25) is 0 Å². The van der Waals surface area contributed by atoms with Crippen molar-refractivity contribution in [2.45, 2.75) is 19.4 Å². The normalized spacial score (nSPS) is 20.7. The highest BCUT2D eigenvalue weighted by molar-refractivity contribution is 7.17. The van der Waals surface area contributed by atoms with Crippen molar-refractivity contribution in [3.05, 3.63) is 41.5 Å². The molecular formula is C23H28N4O2S. The number of aromatic nitrogens is 2. The summed E-state index contributed by atoms with van der Waals surface area (Å²) in [5.74, 6) is 2.22. The third kappa shape index (κ3) is 4.07. The number of anilines is 1. The summed E-state index contributed by atoms with van der Waals surface area (Å²) in [5.41, 5.74) is 2.40. The monoisotopic (exact) mass is 424 g/mol. The van der Waals surface area contributed by atoms with Crippen LogP contribution in [0.3, 0.4) is 0 Å². The predicted molar refractivity (Wildman–Crippen MR) is 121 cm³/mol. The molecule has 0 spiro atoms. The van der Waals surface area contributed by atoms with Gasteiger partial charge in [0.2, 0.25) is 0 Å². The molecule has 0 saturated carbocycles. The van der Waals surface area contributed by atoms with E-state index in [-0.39, 0.29) is 6.61 Å². The predicted octanol–water partition coefficient (Wildman–Crippen LogP) is 3.40. The van der Waals surface area contributed by atoms with Crippen molar-refractivity contribution in [2.75, 3.05) is 50.9 Å². The number of thiophene rings is 1. The van der Waals surface area contributed by atoms with Gasteiger partial charge in [-0.05, 0) is 24.3 Å². The minimum Gasteiger partial charge on any atom is -0.396 e. The van der Waals surface area contributed by atoms with Crippen LogP contribution in [0.1, 0.15) is 18.7 Å². The van der Waals surface area contributed by atoms with Gasteiger partial charge in [-0.2, -0.15) is 0 Å². The van der Waals surface area contributed by atoms with Gasteiger partial charge in [-0.25, -0.2) is 9.97 Å². The Hall–Kier alpha value is -2.06. The topological polar surface area (TPSA) is 61.7 Å². The highest BCUT2D eigenvalue weighted by atomic mass is 32.1. The van der Waals surface area contributed by atoms with Crippen molar-refractivity contribution in [3.63, 3.8) is 0 Å². The Morgan fingerprint density at radius 1 is 1.10 bits per heavy atom. The van der Waals surface area contributed by atoms with Crippen LogP contribution in [0.15, 0.2) is 35.7 Å². The summed E-state index contributed by atoms with van der Waals surface area (Å²) in [6.45, 7) is 6.21. The number of piperidine rings is 1. The molecule has 0 bridgehead atoms. The van der Waals surface area contributed by atoms with E-state index in [2.05, 4.69) is 39.4 Å². The second-order valence-electron chi connectivity index (χ2n) is 8.18. The summed E-state index contributed by atoms with van der Waals surface area (Å²) in [7, 11) is 0. The van der Waals surface area contributed by atoms with Crippen LogP contribution in [0.4, 0.5) is 5.82 Å². The van der Waals surface area contributed by atoms with E-state index in [1.807, 2.05) is 6.07 Å². The van der Waals surface area contributed by atoms with Crippen LogP contribution in [0, 0.1) is 5.92 Å². The third-order valence-electron chi connectivity index (χ3n) is 6.09. The van der Waals surface area contributed by atoms with Gasteiger partial charge in [0.05, 0.1) is 25.1 Å². The molecule has 1 aromatic carbocycles. The van der Waals surface area contributed by atoms with E-state index in [1.165, 1.54) is 11.1 Å². The SMILES string of the molecule is OCC1CCCN(c2nc(CN3CCOCC3)nc3scc(-c4ccccc4)c23)C1. The Morgan fingerprint density at radius 2 is 1.93 bits per heavy atom. The fraction of sp³-hybridized carbons (Fsp3) is 0.478. The zero-order valence-electron chi connectivity index (χ0n) is 17.2. The van der Waals surface area contributed by atoms with Gasteiger partial charge in [-0.3, -0.25) is 4.90 Å². The second kappa shape index (κ2) is 8.98. The second-order valence-corrected chi connectivity index (χ2v) is 9.04. The maximum atomic E-state index is 9.76. The number of morpholine rings is 1. The maximum absolute atomic E-state index is 9.76. The van der Waals surface area contributed by atoms with Crippen molar-refractivity contribution >= 4 is 27.4 Å². The minimum atomic E-state index is 0.237. The number of hydrogen-bond donors (Lipinski definition) is 1. The highest BCUT2D eigenvalue weighted by Crippen LogP contribution is 2.39. The lowest BCUT2D eigenvalue weighted by Gasteiger charge is -2.33. The van der Waals surface area contributed by atoms with Crippen LogP contribution in [-0.4, -0.2) is 66.0 Å². The molecule has 1 N–H and O–H groups in total. The van der Waals surface area contributed by atoms with Gasteiger partial charge in [0.15, 0.2) is 0 Å². The van der Waals surface area contributed by atoms with Gasteiger partial charge in [0, 0.05) is 43.7 Å². The molecule has 0 aliphatic carbocycles. The van der Waals surface area contributed by atoms with E-state index in [0.717, 1.165) is 80.6 Å². The zero-order valence-corrected chi connectivity index (χ0v) is 18.0. The molecule has 2 fully saturated rings. The number of nitrogens with zero attached hydrogens (tertiary/aromatic N) is 4. The van der Waals surface area contributed by atoms with Crippen LogP contribution in [0.5, 0.6) is 0 Å². The van der Waals surface area contributed by atoms with E-state index in [1.54, 1.807) is 11.3 Å². The first-order chi connectivity index (χ1) is 14.8. The quantitative estimate of drug-likeness (QED) is 0.677. The standard InChI is InChI=1S/C23H28N4O2S/c28-15-17-5-4-8-27(13-17)22-21-19(18-6-2-1-3-7-18)16-30-23(21)25-20(24-22)14-26-9-11-29-12-10-26/h1-3,6-7,16-17,28H,4-5,8-15H2. The largest absolute Gasteiger partial charge is 0.396 e. The van der Waals surface area contributed by atoms with E-state index in [0.29, 0.717) is 5.92 Å². The number of aliphatic hydroxyl groups excluding tert-OH is 1.